The molecular weight excluding hydrogens is 545 g/mol. The molecule has 1 amide bonds. The minimum absolute atomic E-state index is 0.0193. The normalized spacial score (nSPS) is 17.7. The zero-order valence-electron chi connectivity index (χ0n) is 18.9. The van der Waals surface area contributed by atoms with Crippen LogP contribution in [0.4, 0.5) is 0 Å². The third-order valence-corrected chi connectivity index (χ3v) is 8.38. The second-order valence-electron chi connectivity index (χ2n) is 8.47. The summed E-state index contributed by atoms with van der Waals surface area (Å²) in [4.78, 5) is 14.0. The number of ether oxygens (including phenoxy) is 1. The third kappa shape index (κ3) is 5.85. The van der Waals surface area contributed by atoms with Gasteiger partial charge in [-0.25, -0.2) is 0 Å². The van der Waals surface area contributed by atoms with E-state index in [0.29, 0.717) is 19.1 Å². The molecule has 1 aromatic heterocycles. The number of alkyl halides is 1. The molecule has 1 atom stereocenters. The van der Waals surface area contributed by atoms with Gasteiger partial charge in [0.2, 0.25) is 0 Å². The van der Waals surface area contributed by atoms with Crippen molar-refractivity contribution < 1.29 is 14.6 Å². The number of methoxy groups -OCH3 is 1. The number of thiophene rings is 1. The molecule has 4 rings (SSSR count). The zero-order valence-corrected chi connectivity index (χ0v) is 21.9. The van der Waals surface area contributed by atoms with Gasteiger partial charge in [0, 0.05) is 39.5 Å². The fourth-order valence-electron chi connectivity index (χ4n) is 4.51. The van der Waals surface area contributed by atoms with E-state index in [0.717, 1.165) is 41.2 Å². The number of fused-ring (bicyclic) bond motifs is 1. The molecule has 0 bridgehead atoms. The maximum Gasteiger partial charge on any atom is 0.251 e. The molecule has 0 saturated heterocycles. The van der Waals surface area contributed by atoms with Crippen LogP contribution >= 0.6 is 33.9 Å². The lowest BCUT2D eigenvalue weighted by Gasteiger charge is -2.24. The summed E-state index contributed by atoms with van der Waals surface area (Å²) in [6.45, 7) is 1.11. The number of carbonyl (C=O) groups excluding carboxylic acids is 1. The highest BCUT2D eigenvalue weighted by atomic mass is 127. The molecule has 0 unspecified atom stereocenters. The van der Waals surface area contributed by atoms with Gasteiger partial charge in [0.1, 0.15) is 0 Å². The average Bonchev–Trinajstić information content (AvgIpc) is 3.25. The molecule has 0 saturated carbocycles. The van der Waals surface area contributed by atoms with Crippen LogP contribution < -0.4 is 15.1 Å². The van der Waals surface area contributed by atoms with Gasteiger partial charge in [0.15, 0.2) is 0 Å². The fraction of sp³-hybridized carbons (Fsp3) is 0.370. The number of carbonyl (C=O) groups is 1. The van der Waals surface area contributed by atoms with Gasteiger partial charge in [-0.1, -0.05) is 59.0 Å². The Morgan fingerprint density at radius 2 is 2.12 bits per heavy atom. The van der Waals surface area contributed by atoms with Crippen molar-refractivity contribution in [1.29, 1.82) is 0 Å². The predicted molar refractivity (Wildman–Crippen MR) is 144 cm³/mol. The Hall–Kier alpha value is -1.74. The van der Waals surface area contributed by atoms with Crippen molar-refractivity contribution in [2.75, 3.05) is 24.7 Å². The first-order chi connectivity index (χ1) is 16.1. The first kappa shape index (κ1) is 24.4. The van der Waals surface area contributed by atoms with Gasteiger partial charge in [0.25, 0.3) is 5.91 Å². The maximum absolute atomic E-state index is 12.6. The fourth-order valence-corrected chi connectivity index (χ4v) is 6.66. The van der Waals surface area contributed by atoms with Crippen LogP contribution in [0.1, 0.15) is 35.3 Å². The third-order valence-electron chi connectivity index (χ3n) is 6.13. The minimum atomic E-state index is -0.0193. The van der Waals surface area contributed by atoms with Crippen molar-refractivity contribution >= 4 is 51.5 Å². The second-order valence-corrected chi connectivity index (χ2v) is 10.5. The molecule has 1 aromatic carbocycles. The van der Waals surface area contributed by atoms with Gasteiger partial charge in [0.05, 0.1) is 13.2 Å². The Morgan fingerprint density at radius 3 is 2.91 bits per heavy atom. The van der Waals surface area contributed by atoms with Gasteiger partial charge < -0.3 is 15.2 Å². The van der Waals surface area contributed by atoms with E-state index in [2.05, 4.69) is 64.3 Å². The molecule has 4 nitrogen and oxygen atoms in total. The largest absolute Gasteiger partial charge is 0.392 e. The number of rotatable bonds is 9. The van der Waals surface area contributed by atoms with Crippen molar-refractivity contribution in [1.82, 2.24) is 5.32 Å². The Labute approximate surface area is 212 Å². The number of allylic oxidation sites excluding steroid dienone is 2. The maximum atomic E-state index is 12.6. The number of aliphatic hydroxyl groups excluding tert-OH is 1. The first-order valence-electron chi connectivity index (χ1n) is 11.4. The number of aliphatic hydroxyl groups is 1. The lowest BCUT2D eigenvalue weighted by Crippen LogP contribution is -2.31. The Morgan fingerprint density at radius 1 is 1.27 bits per heavy atom. The molecule has 2 aliphatic carbocycles. The Bertz CT molecular complexity index is 1190. The Balaban J connectivity index is 1.68. The molecule has 174 valence electrons. The number of hydrogen-bond donors (Lipinski definition) is 2. The number of benzene rings is 1. The van der Waals surface area contributed by atoms with Crippen LogP contribution in [-0.2, 0) is 22.6 Å². The van der Waals surface area contributed by atoms with Crippen LogP contribution in [-0.4, -0.2) is 35.7 Å². The van der Waals surface area contributed by atoms with Crippen LogP contribution in [0.15, 0.2) is 53.6 Å². The molecule has 0 fully saturated rings. The molecule has 0 radical (unpaired) electrons. The van der Waals surface area contributed by atoms with Crippen molar-refractivity contribution in [2.45, 2.75) is 32.3 Å². The van der Waals surface area contributed by atoms with E-state index in [1.165, 1.54) is 31.3 Å². The smallest absolute Gasteiger partial charge is 0.251 e. The number of hydrogen-bond acceptors (Lipinski definition) is 4. The van der Waals surface area contributed by atoms with Gasteiger partial charge in [-0.2, -0.15) is 0 Å². The Kier molecular flexibility index (Phi) is 8.57. The molecule has 2 aliphatic rings. The highest BCUT2D eigenvalue weighted by molar-refractivity contribution is 14.1. The van der Waals surface area contributed by atoms with Crippen LogP contribution in [0, 0.1) is 5.92 Å². The highest BCUT2D eigenvalue weighted by Gasteiger charge is 2.24. The topological polar surface area (TPSA) is 58.6 Å². The molecule has 0 aliphatic heterocycles. The van der Waals surface area contributed by atoms with Crippen LogP contribution in [0.3, 0.4) is 0 Å². The standard InChI is InChI=1S/C27H30INO3S/c1-32-11-10-29-27(31)22-7-3-6-20(14-22)25-23(16-28)9-8-21-15-24(33-26(21)25)13-18-4-2-5-19(12-18)17-30/h2,4-5,7-8,12,14-15,23,30H,3,6,9-11,13,16-17H2,1H3,(H,29,31)/t23-/m1/s1. The average molecular weight is 576 g/mol. The van der Waals surface area contributed by atoms with Crippen molar-refractivity contribution in [3.63, 3.8) is 0 Å². The van der Waals surface area contributed by atoms with Crippen LogP contribution in [0.25, 0.3) is 11.6 Å². The van der Waals surface area contributed by atoms with Crippen LogP contribution in [0.5, 0.6) is 0 Å². The summed E-state index contributed by atoms with van der Waals surface area (Å²) in [5, 5.41) is 13.7. The van der Waals surface area contributed by atoms with Crippen molar-refractivity contribution in [2.24, 2.45) is 5.92 Å². The van der Waals surface area contributed by atoms with E-state index in [1.54, 1.807) is 7.11 Å². The molecule has 33 heavy (non-hydrogen) atoms. The van der Waals surface area contributed by atoms with E-state index in [9.17, 15) is 9.90 Å². The summed E-state index contributed by atoms with van der Waals surface area (Å²) in [6.07, 6.45) is 10.3. The van der Waals surface area contributed by atoms with E-state index in [1.807, 2.05) is 23.5 Å². The second kappa shape index (κ2) is 11.6. The molecule has 0 spiro atoms. The summed E-state index contributed by atoms with van der Waals surface area (Å²) < 4.78 is 7.48. The zero-order chi connectivity index (χ0) is 23.2. The lowest BCUT2D eigenvalue weighted by molar-refractivity contribution is -0.117. The summed E-state index contributed by atoms with van der Waals surface area (Å²) in [6, 6.07) is 10.5. The SMILES string of the molecule is COCCNC(=O)C1=CCCC(C2=c3sc(Cc4cccc(CO)c4)cc3=CC[C@@H]2CI)=C1. The van der Waals surface area contributed by atoms with Gasteiger partial charge in [-0.3, -0.25) is 4.79 Å². The molecule has 6 heteroatoms. The van der Waals surface area contributed by atoms with Gasteiger partial charge in [-0.05, 0) is 64.8 Å². The van der Waals surface area contributed by atoms with E-state index < -0.39 is 0 Å². The monoisotopic (exact) mass is 575 g/mol. The summed E-state index contributed by atoms with van der Waals surface area (Å²) in [7, 11) is 1.64. The molecular formula is C27H30INO3S. The van der Waals surface area contributed by atoms with Crippen molar-refractivity contribution in [3.8, 4) is 0 Å². The molecule has 1 heterocycles. The summed E-state index contributed by atoms with van der Waals surface area (Å²) in [5.41, 5.74) is 5.68. The lowest BCUT2D eigenvalue weighted by atomic mass is 9.83. The van der Waals surface area contributed by atoms with E-state index in [4.69, 9.17) is 4.74 Å². The van der Waals surface area contributed by atoms with Crippen LogP contribution in [0.2, 0.25) is 0 Å². The van der Waals surface area contributed by atoms with Gasteiger partial charge in [-0.15, -0.1) is 11.3 Å². The number of amides is 1. The number of nitrogens with one attached hydrogen (secondary N) is 1. The van der Waals surface area contributed by atoms with Crippen molar-refractivity contribution in [3.05, 3.63) is 79.4 Å². The van der Waals surface area contributed by atoms with E-state index in [-0.39, 0.29) is 12.5 Å². The van der Waals surface area contributed by atoms with Gasteiger partial charge >= 0.3 is 0 Å². The first-order valence-corrected chi connectivity index (χ1v) is 13.7. The minimum Gasteiger partial charge on any atom is -0.392 e. The number of halogens is 1. The molecule has 2 N–H and O–H groups in total. The highest BCUT2D eigenvalue weighted by Crippen LogP contribution is 2.33. The molecule has 2 aromatic rings. The predicted octanol–water partition coefficient (Wildman–Crippen LogP) is 3.63. The summed E-state index contributed by atoms with van der Waals surface area (Å²) in [5.74, 6) is 0.457. The quantitative estimate of drug-likeness (QED) is 0.273. The summed E-state index contributed by atoms with van der Waals surface area (Å²) >= 11 is 4.38. The van der Waals surface area contributed by atoms with E-state index >= 15 is 0 Å².